The third-order valence-electron chi connectivity index (χ3n) is 15.7. The molecule has 0 aliphatic heterocycles. The minimum Gasteiger partial charge on any atom is -0.462 e. The molecule has 0 spiro atoms. The first-order valence-corrected chi connectivity index (χ1v) is 36.1. The molecular weight excluding hydrogens is 1030 g/mol. The molecule has 0 aliphatic carbocycles. The minimum atomic E-state index is -0.786. The molecule has 482 valence electrons. The third-order valence-corrected chi connectivity index (χ3v) is 15.7. The van der Waals surface area contributed by atoms with Crippen molar-refractivity contribution in [3.8, 4) is 0 Å². The average molecular weight is 1170 g/mol. The molecule has 1 atom stereocenters. The van der Waals surface area contributed by atoms with Crippen LogP contribution in [-0.4, -0.2) is 36.4 Å². The number of aliphatic hydroxyl groups excluding tert-OH is 1. The summed E-state index contributed by atoms with van der Waals surface area (Å²) in [6, 6.07) is 0. The molecule has 0 rings (SSSR count). The van der Waals surface area contributed by atoms with Gasteiger partial charge in [-0.1, -0.05) is 347 Å². The number of esters is 2. The van der Waals surface area contributed by atoms with Gasteiger partial charge in [-0.05, 0) is 109 Å². The predicted molar refractivity (Wildman–Crippen MR) is 371 cm³/mol. The Balaban J connectivity index is 3.46. The van der Waals surface area contributed by atoms with Gasteiger partial charge in [0.15, 0.2) is 6.10 Å². The van der Waals surface area contributed by atoms with Crippen LogP contribution in [0.25, 0.3) is 0 Å². The van der Waals surface area contributed by atoms with Gasteiger partial charge in [-0.3, -0.25) is 9.59 Å². The molecule has 84 heavy (non-hydrogen) atoms. The van der Waals surface area contributed by atoms with Crippen molar-refractivity contribution in [2.45, 2.75) is 354 Å². The largest absolute Gasteiger partial charge is 0.462 e. The molecule has 0 heterocycles. The van der Waals surface area contributed by atoms with Crippen molar-refractivity contribution in [3.05, 3.63) is 122 Å². The highest BCUT2D eigenvalue weighted by atomic mass is 16.6. The quantitative estimate of drug-likeness (QED) is 0.0373. The molecule has 0 saturated carbocycles. The number of carbonyl (C=O) groups excluding carboxylic acids is 2. The van der Waals surface area contributed by atoms with Gasteiger partial charge in [-0.25, -0.2) is 0 Å². The Morgan fingerprint density at radius 3 is 0.774 bits per heavy atom. The Kier molecular flexibility index (Phi) is 70.3. The van der Waals surface area contributed by atoms with E-state index >= 15 is 0 Å². The number of carbonyl (C=O) groups is 2. The number of ether oxygens (including phenoxy) is 2. The van der Waals surface area contributed by atoms with Crippen LogP contribution >= 0.6 is 0 Å². The molecule has 1 unspecified atom stereocenters. The van der Waals surface area contributed by atoms with Crippen molar-refractivity contribution in [2.75, 3.05) is 13.2 Å². The predicted octanol–water partition coefficient (Wildman–Crippen LogP) is 25.3. The van der Waals surface area contributed by atoms with Gasteiger partial charge in [0.2, 0.25) is 0 Å². The summed E-state index contributed by atoms with van der Waals surface area (Å²) in [5.74, 6) is -0.596. The van der Waals surface area contributed by atoms with E-state index in [1.54, 1.807) is 0 Å². The molecule has 0 bridgehead atoms. The van der Waals surface area contributed by atoms with E-state index in [4.69, 9.17) is 9.47 Å². The first kappa shape index (κ1) is 80.3. The molecule has 0 saturated heterocycles. The van der Waals surface area contributed by atoms with Crippen LogP contribution in [0.4, 0.5) is 0 Å². The monoisotopic (exact) mass is 1170 g/mol. The zero-order valence-corrected chi connectivity index (χ0v) is 55.4. The summed E-state index contributed by atoms with van der Waals surface area (Å²) in [6.45, 7) is 4.03. The molecular formula is C79H136O5. The summed E-state index contributed by atoms with van der Waals surface area (Å²) in [4.78, 5) is 24.7. The van der Waals surface area contributed by atoms with Crippen molar-refractivity contribution in [2.24, 2.45) is 0 Å². The highest BCUT2D eigenvalue weighted by molar-refractivity contribution is 5.70. The Hall–Kier alpha value is -3.70. The summed E-state index contributed by atoms with van der Waals surface area (Å²) < 4.78 is 10.8. The zero-order valence-electron chi connectivity index (χ0n) is 55.4. The van der Waals surface area contributed by atoms with Gasteiger partial charge in [-0.15, -0.1) is 0 Å². The fourth-order valence-corrected chi connectivity index (χ4v) is 10.4. The van der Waals surface area contributed by atoms with Crippen molar-refractivity contribution >= 4 is 11.9 Å². The molecule has 0 amide bonds. The topological polar surface area (TPSA) is 72.8 Å². The summed E-state index contributed by atoms with van der Waals surface area (Å²) >= 11 is 0. The molecule has 1 N–H and O–H groups in total. The normalized spacial score (nSPS) is 12.9. The Morgan fingerprint density at radius 2 is 0.512 bits per heavy atom. The third kappa shape index (κ3) is 70.8. The van der Waals surface area contributed by atoms with Crippen LogP contribution in [-0.2, 0) is 19.1 Å². The van der Waals surface area contributed by atoms with Crippen molar-refractivity contribution in [1.29, 1.82) is 0 Å². The number of hydrogen-bond acceptors (Lipinski definition) is 5. The number of hydrogen-bond donors (Lipinski definition) is 1. The second-order valence-corrected chi connectivity index (χ2v) is 23.9. The highest BCUT2D eigenvalue weighted by Crippen LogP contribution is 2.18. The van der Waals surface area contributed by atoms with Crippen LogP contribution in [0.15, 0.2) is 122 Å². The molecule has 0 aromatic heterocycles. The van der Waals surface area contributed by atoms with Gasteiger partial charge < -0.3 is 14.6 Å². The first-order chi connectivity index (χ1) is 41.6. The number of rotatable bonds is 66. The van der Waals surface area contributed by atoms with Gasteiger partial charge in [-0.2, -0.15) is 0 Å². The lowest BCUT2D eigenvalue weighted by atomic mass is 10.0. The van der Waals surface area contributed by atoms with Crippen LogP contribution in [0.2, 0.25) is 0 Å². The SMILES string of the molecule is CC/C=C\C/C=C\C/C=C\C/C=C\C/C=C\C/C=C\C/C=C\CCCCCCCCCC(=O)OC(CO)COC(=O)CCCCCCCCCCCCCCCCCCCCCCCCCCCC/C=C\C/C=C\C/C=C\CCCCCCC. The number of aliphatic hydroxyl groups is 1. The molecule has 0 fully saturated rings. The first-order valence-electron chi connectivity index (χ1n) is 36.1. The van der Waals surface area contributed by atoms with E-state index in [0.717, 1.165) is 103 Å². The summed E-state index contributed by atoms with van der Waals surface area (Å²) in [7, 11) is 0. The van der Waals surface area contributed by atoms with Gasteiger partial charge in [0.1, 0.15) is 6.61 Å². The molecule has 0 aromatic rings. The molecule has 5 heteroatoms. The van der Waals surface area contributed by atoms with Crippen molar-refractivity contribution in [1.82, 2.24) is 0 Å². The van der Waals surface area contributed by atoms with Gasteiger partial charge >= 0.3 is 11.9 Å². The van der Waals surface area contributed by atoms with E-state index in [-0.39, 0.29) is 25.2 Å². The Morgan fingerprint density at radius 1 is 0.286 bits per heavy atom. The maximum atomic E-state index is 12.4. The van der Waals surface area contributed by atoms with Crippen LogP contribution in [0.5, 0.6) is 0 Å². The minimum absolute atomic E-state index is 0.0733. The van der Waals surface area contributed by atoms with E-state index in [2.05, 4.69) is 135 Å². The van der Waals surface area contributed by atoms with Gasteiger partial charge in [0.25, 0.3) is 0 Å². The van der Waals surface area contributed by atoms with E-state index < -0.39 is 6.10 Å². The van der Waals surface area contributed by atoms with E-state index in [1.165, 1.54) is 218 Å². The van der Waals surface area contributed by atoms with Gasteiger partial charge in [0.05, 0.1) is 6.61 Å². The zero-order chi connectivity index (χ0) is 60.5. The van der Waals surface area contributed by atoms with E-state index in [0.29, 0.717) is 12.8 Å². The molecule has 0 aliphatic rings. The van der Waals surface area contributed by atoms with E-state index in [9.17, 15) is 14.7 Å². The van der Waals surface area contributed by atoms with Crippen LogP contribution in [0.3, 0.4) is 0 Å². The number of allylic oxidation sites excluding steroid dienone is 20. The van der Waals surface area contributed by atoms with Crippen molar-refractivity contribution in [3.63, 3.8) is 0 Å². The second kappa shape index (κ2) is 73.6. The smallest absolute Gasteiger partial charge is 0.306 e. The fourth-order valence-electron chi connectivity index (χ4n) is 10.4. The van der Waals surface area contributed by atoms with Crippen LogP contribution in [0.1, 0.15) is 348 Å². The fraction of sp³-hybridized carbons (Fsp3) is 0.722. The van der Waals surface area contributed by atoms with E-state index in [1.807, 2.05) is 0 Å². The van der Waals surface area contributed by atoms with Crippen molar-refractivity contribution < 1.29 is 24.2 Å². The van der Waals surface area contributed by atoms with Gasteiger partial charge in [0, 0.05) is 12.8 Å². The molecule has 0 aromatic carbocycles. The summed E-state index contributed by atoms with van der Waals surface area (Å²) in [5, 5.41) is 9.70. The van der Waals surface area contributed by atoms with Crippen LogP contribution < -0.4 is 0 Å². The lowest BCUT2D eigenvalue weighted by Crippen LogP contribution is -2.28. The molecule has 5 nitrogen and oxygen atoms in total. The van der Waals surface area contributed by atoms with Crippen LogP contribution in [0, 0.1) is 0 Å². The lowest BCUT2D eigenvalue weighted by Gasteiger charge is -2.15. The maximum Gasteiger partial charge on any atom is 0.306 e. The highest BCUT2D eigenvalue weighted by Gasteiger charge is 2.16. The standard InChI is InChI=1S/C79H136O5/c1-3-5-7-9-11-13-15-17-19-21-23-25-27-29-31-33-34-35-36-37-38-39-40-41-42-43-44-46-47-49-51-53-55-57-59-61-63-65-67-69-71-73-78(81)83-76-77(75-80)84-79(82)74-72-70-68-66-64-62-60-58-56-54-52-50-48-45-32-30-28-26-24-22-20-18-16-14-12-10-8-6-4-2/h6,8,12,14-15,17-18,20-21,23-24,26-27,29-30,32,48,50,54,56,77,80H,3-5,7,9-11,13,16,19,22,25,28,31,33-47,49,51-53,55,57-76H2,1-2H3/b8-6-,14-12-,17-15-,20-18-,23-21-,26-24-,29-27-,32-30-,50-48-,56-54-. The molecule has 0 radical (unpaired) electrons. The Labute approximate surface area is 522 Å². The Bertz CT molecular complexity index is 1650. The second-order valence-electron chi connectivity index (χ2n) is 23.9. The number of unbranched alkanes of at least 4 members (excludes halogenated alkanes) is 38. The lowest BCUT2D eigenvalue weighted by molar-refractivity contribution is -0.161. The average Bonchev–Trinajstić information content (AvgIpc) is 3.51. The summed E-state index contributed by atoms with van der Waals surface area (Å²) in [5.41, 5.74) is 0. The maximum absolute atomic E-state index is 12.4. The summed E-state index contributed by atoms with van der Waals surface area (Å²) in [6.07, 6.45) is 108.